The monoisotopic (exact) mass is 288 g/mol. The van der Waals surface area contributed by atoms with Crippen LogP contribution in [0.3, 0.4) is 0 Å². The van der Waals surface area contributed by atoms with Crippen molar-refractivity contribution in [2.45, 2.75) is 26.4 Å². The number of benzene rings is 1. The Hall–Kier alpha value is -1.52. The summed E-state index contributed by atoms with van der Waals surface area (Å²) in [4.78, 5) is 5.49. The van der Waals surface area contributed by atoms with Crippen LogP contribution in [0, 0.1) is 5.41 Å². The van der Waals surface area contributed by atoms with Crippen LogP contribution < -0.4 is 4.74 Å². The van der Waals surface area contributed by atoms with E-state index in [4.69, 9.17) is 4.74 Å². The zero-order valence-corrected chi connectivity index (χ0v) is 12.8. The first-order valence-corrected chi connectivity index (χ1v) is 7.63. The third-order valence-corrected chi connectivity index (χ3v) is 4.21. The van der Waals surface area contributed by atoms with Crippen LogP contribution in [-0.2, 0) is 0 Å². The molecular weight excluding hydrogens is 264 g/mol. The number of ether oxygens (including phenoxy) is 1. The molecule has 1 unspecified atom stereocenters. The Balaban J connectivity index is 1.54. The van der Waals surface area contributed by atoms with Gasteiger partial charge >= 0.3 is 0 Å². The van der Waals surface area contributed by atoms with Crippen molar-refractivity contribution in [2.75, 3.05) is 26.2 Å². The van der Waals surface area contributed by atoms with Crippen molar-refractivity contribution in [1.29, 1.82) is 0 Å². The van der Waals surface area contributed by atoms with Crippen LogP contribution >= 0.6 is 0 Å². The van der Waals surface area contributed by atoms with Crippen molar-refractivity contribution >= 4 is 10.9 Å². The van der Waals surface area contributed by atoms with Crippen LogP contribution in [0.1, 0.15) is 20.3 Å². The second-order valence-electron chi connectivity index (χ2n) is 6.81. The first-order valence-electron chi connectivity index (χ1n) is 7.63. The van der Waals surface area contributed by atoms with Gasteiger partial charge in [-0.05, 0) is 36.6 Å². The third kappa shape index (κ3) is 3.39. The maximum atomic E-state index is 10.2. The number of rotatable bonds is 5. The molecule has 0 aliphatic carbocycles. The fourth-order valence-electron chi connectivity index (χ4n) is 3.10. The molecular formula is C17H24N2O2. The molecule has 1 aromatic carbocycles. The molecule has 1 saturated heterocycles. The quantitative estimate of drug-likeness (QED) is 0.889. The number of fused-ring (bicyclic) bond motifs is 1. The van der Waals surface area contributed by atoms with Gasteiger partial charge in [-0.1, -0.05) is 19.9 Å². The van der Waals surface area contributed by atoms with E-state index < -0.39 is 6.10 Å². The van der Waals surface area contributed by atoms with Crippen molar-refractivity contribution in [1.82, 2.24) is 9.88 Å². The number of aliphatic hydroxyl groups excluding tert-OH is 1. The predicted molar refractivity (Wildman–Crippen MR) is 84.6 cm³/mol. The van der Waals surface area contributed by atoms with E-state index in [0.29, 0.717) is 18.6 Å². The molecule has 2 heterocycles. The average Bonchev–Trinajstić information content (AvgIpc) is 3.03. The number of likely N-dealkylation sites (tertiary alicyclic amines) is 1. The summed E-state index contributed by atoms with van der Waals surface area (Å²) < 4.78 is 5.80. The molecule has 0 saturated carbocycles. The van der Waals surface area contributed by atoms with Crippen molar-refractivity contribution in [3.8, 4) is 5.75 Å². The Labute approximate surface area is 125 Å². The lowest BCUT2D eigenvalue weighted by molar-refractivity contribution is 0.0736. The lowest BCUT2D eigenvalue weighted by Gasteiger charge is -2.22. The van der Waals surface area contributed by atoms with Gasteiger partial charge < -0.3 is 19.7 Å². The van der Waals surface area contributed by atoms with Gasteiger partial charge in [0.15, 0.2) is 0 Å². The Bertz CT molecular complexity index is 606. The van der Waals surface area contributed by atoms with E-state index in [2.05, 4.69) is 23.7 Å². The number of β-amino-alcohol motifs (C(OH)–C–C–N with tert-alkyl or cyclic N) is 1. The van der Waals surface area contributed by atoms with E-state index in [1.165, 1.54) is 6.42 Å². The van der Waals surface area contributed by atoms with Crippen LogP contribution in [0.15, 0.2) is 30.5 Å². The molecule has 21 heavy (non-hydrogen) atoms. The number of nitrogens with zero attached hydrogens (tertiary/aromatic N) is 1. The maximum absolute atomic E-state index is 10.2. The highest BCUT2D eigenvalue weighted by molar-refractivity contribution is 5.85. The molecule has 4 heteroatoms. The van der Waals surface area contributed by atoms with Crippen LogP contribution in [0.2, 0.25) is 0 Å². The van der Waals surface area contributed by atoms with Gasteiger partial charge in [-0.15, -0.1) is 0 Å². The zero-order chi connectivity index (χ0) is 14.9. The van der Waals surface area contributed by atoms with E-state index >= 15 is 0 Å². The van der Waals surface area contributed by atoms with Crippen LogP contribution in [0.4, 0.5) is 0 Å². The number of aliphatic hydroxyl groups is 1. The van der Waals surface area contributed by atoms with E-state index in [-0.39, 0.29) is 0 Å². The lowest BCUT2D eigenvalue weighted by atomic mass is 9.93. The number of H-pyrrole nitrogens is 1. The van der Waals surface area contributed by atoms with Crippen LogP contribution in [-0.4, -0.2) is 47.3 Å². The Morgan fingerprint density at radius 3 is 3.00 bits per heavy atom. The predicted octanol–water partition coefficient (Wildman–Crippen LogP) is 2.64. The normalized spacial score (nSPS) is 20.0. The molecule has 1 aromatic heterocycles. The number of hydrogen-bond donors (Lipinski definition) is 2. The van der Waals surface area contributed by atoms with Crippen molar-refractivity contribution in [2.24, 2.45) is 5.41 Å². The second kappa shape index (κ2) is 5.70. The first kappa shape index (κ1) is 14.4. The van der Waals surface area contributed by atoms with Gasteiger partial charge in [0.2, 0.25) is 0 Å². The molecule has 0 bridgehead atoms. The second-order valence-corrected chi connectivity index (χ2v) is 6.81. The smallest absolute Gasteiger partial charge is 0.128 e. The number of hydrogen-bond acceptors (Lipinski definition) is 3. The van der Waals surface area contributed by atoms with Gasteiger partial charge in [0, 0.05) is 30.2 Å². The number of aromatic nitrogens is 1. The third-order valence-electron chi connectivity index (χ3n) is 4.21. The largest absolute Gasteiger partial charge is 0.490 e. The molecule has 1 fully saturated rings. The van der Waals surface area contributed by atoms with E-state index in [0.717, 1.165) is 29.7 Å². The highest BCUT2D eigenvalue weighted by Crippen LogP contribution is 2.29. The summed E-state index contributed by atoms with van der Waals surface area (Å²) in [5.74, 6) is 0.828. The van der Waals surface area contributed by atoms with Gasteiger partial charge in [0.1, 0.15) is 18.5 Å². The average molecular weight is 288 g/mol. The fraction of sp³-hybridized carbons (Fsp3) is 0.529. The zero-order valence-electron chi connectivity index (χ0n) is 12.8. The lowest BCUT2D eigenvalue weighted by Crippen LogP contribution is -2.35. The number of aromatic amines is 1. The molecule has 0 radical (unpaired) electrons. The van der Waals surface area contributed by atoms with Gasteiger partial charge in [-0.2, -0.15) is 0 Å². The van der Waals surface area contributed by atoms with Crippen molar-refractivity contribution < 1.29 is 9.84 Å². The summed E-state index contributed by atoms with van der Waals surface area (Å²) in [6.45, 7) is 7.70. The summed E-state index contributed by atoms with van der Waals surface area (Å²) in [5, 5.41) is 11.3. The molecule has 0 amide bonds. The highest BCUT2D eigenvalue weighted by Gasteiger charge is 2.30. The topological polar surface area (TPSA) is 48.5 Å². The minimum absolute atomic E-state index is 0.335. The molecule has 4 nitrogen and oxygen atoms in total. The van der Waals surface area contributed by atoms with Gasteiger partial charge in [0.25, 0.3) is 0 Å². The van der Waals surface area contributed by atoms with E-state index in [1.807, 2.05) is 30.5 Å². The molecule has 2 aromatic rings. The molecule has 1 atom stereocenters. The Morgan fingerprint density at radius 1 is 1.38 bits per heavy atom. The SMILES string of the molecule is CC1(C)CCN(CC(O)COc2cccc3[nH]ccc23)C1. The van der Waals surface area contributed by atoms with Gasteiger partial charge in [-0.3, -0.25) is 0 Å². The van der Waals surface area contributed by atoms with Gasteiger partial charge in [-0.25, -0.2) is 0 Å². The maximum Gasteiger partial charge on any atom is 0.128 e. The summed E-state index contributed by atoms with van der Waals surface area (Å²) in [6.07, 6.45) is 2.65. The molecule has 0 spiro atoms. The fourth-order valence-corrected chi connectivity index (χ4v) is 3.10. The summed E-state index contributed by atoms with van der Waals surface area (Å²) in [7, 11) is 0. The standard InChI is InChI=1S/C17H24N2O2/c1-17(2)7-9-19(12-17)10-13(20)11-21-16-5-3-4-15-14(16)6-8-18-15/h3-6,8,13,18,20H,7,9-12H2,1-2H3. The van der Waals surface area contributed by atoms with Gasteiger partial charge in [0.05, 0.1) is 0 Å². The molecule has 114 valence electrons. The first-order chi connectivity index (χ1) is 10.0. The summed E-state index contributed by atoms with van der Waals surface area (Å²) in [5.41, 5.74) is 1.43. The van der Waals surface area contributed by atoms with E-state index in [9.17, 15) is 5.11 Å². The molecule has 1 aliphatic rings. The summed E-state index contributed by atoms with van der Waals surface area (Å²) >= 11 is 0. The van der Waals surface area contributed by atoms with Crippen molar-refractivity contribution in [3.63, 3.8) is 0 Å². The molecule has 1 aliphatic heterocycles. The van der Waals surface area contributed by atoms with Crippen LogP contribution in [0.25, 0.3) is 10.9 Å². The minimum atomic E-state index is -0.451. The molecule has 2 N–H and O–H groups in total. The Morgan fingerprint density at radius 2 is 2.24 bits per heavy atom. The summed E-state index contributed by atoms with van der Waals surface area (Å²) in [6, 6.07) is 7.93. The number of nitrogens with one attached hydrogen (secondary N) is 1. The van der Waals surface area contributed by atoms with Crippen molar-refractivity contribution in [3.05, 3.63) is 30.5 Å². The van der Waals surface area contributed by atoms with E-state index in [1.54, 1.807) is 0 Å². The highest BCUT2D eigenvalue weighted by atomic mass is 16.5. The minimum Gasteiger partial charge on any atom is -0.490 e. The van der Waals surface area contributed by atoms with Crippen LogP contribution in [0.5, 0.6) is 5.75 Å². The Kier molecular flexibility index (Phi) is 3.91. The molecule has 3 rings (SSSR count).